The van der Waals surface area contributed by atoms with Crippen molar-refractivity contribution in [3.05, 3.63) is 0 Å². The molecule has 0 aliphatic carbocycles. The van der Waals surface area contributed by atoms with Crippen molar-refractivity contribution in [1.82, 2.24) is 53.2 Å². The standard InChI is InChI=1S/C90H146N10O39/c1-55(101)97-78-84(134-64(10)110)81(131-61(7)107)67(49-128-58(4)104)137-87(78)125-43-23-20-29-70(113)91-37-26-40-94-73(116)34-46-122-52-90(100-76(119)32-18-16-14-13-15-17-19-33-77(120)121,53-123-47-35-74(117)95-41-27-38-92-71(114)30-21-24-44-126-88-79(98-56(2)102)85(135-65(11)111)82(132-62(8)108)68(138-88)50-129-59(5)105)54-124-48-36-75(118)96-42-28-39-93-72(115)31-22-25-45-127-89-80(99-57(3)103)86(136-66(12)112)83(133-63(9)109)69(139-89)51-130-60(6)106/h67-69,78-89H,13-54H2,1-12H3,(H,91,113)(H,92,114)(H,93,115)(H,94,116)(H,95,117)(H,96,118)(H,97,101)(H,98,102)(H,99,103)(H,100,119)(H,120,121)/t67?,68?,69?,78?,79?,80?,81-,82-,83-,84?,85?,86?,87-,88-,89-,90?/m1/s1. The minimum atomic E-state index is -1.49. The first kappa shape index (κ1) is 122. The van der Waals surface area contributed by atoms with Gasteiger partial charge in [-0.25, -0.2) is 0 Å². The summed E-state index contributed by atoms with van der Waals surface area (Å²) in [5.74, 6) is -11.8. The average molecular weight is 1990 g/mol. The Labute approximate surface area is 808 Å². The number of rotatable bonds is 71. The van der Waals surface area contributed by atoms with Crippen molar-refractivity contribution in [3.8, 4) is 0 Å². The lowest BCUT2D eigenvalue weighted by Crippen LogP contribution is -2.66. The Hall–Kier alpha value is -11.0. The normalized spacial score (nSPS) is 21.3. The van der Waals surface area contributed by atoms with E-state index in [-0.39, 0.29) is 168 Å². The molecule has 0 aromatic heterocycles. The van der Waals surface area contributed by atoms with Crippen LogP contribution in [-0.4, -0.2) is 340 Å². The van der Waals surface area contributed by atoms with Crippen LogP contribution >= 0.6 is 0 Å². The number of amides is 10. The fourth-order valence-corrected chi connectivity index (χ4v) is 14.6. The highest BCUT2D eigenvalue weighted by Crippen LogP contribution is 2.32. The van der Waals surface area contributed by atoms with Crippen LogP contribution in [0.5, 0.6) is 0 Å². The quantitative estimate of drug-likeness (QED) is 0.0218. The van der Waals surface area contributed by atoms with Crippen molar-refractivity contribution in [2.75, 3.05) is 119 Å². The maximum absolute atomic E-state index is 14.0. The number of unbranched alkanes of at least 4 members (excludes halogenated alkanes) is 9. The fraction of sp³-hybridized carbons (Fsp3) is 0.778. The van der Waals surface area contributed by atoms with Gasteiger partial charge in [-0.1, -0.05) is 32.1 Å². The Morgan fingerprint density at radius 1 is 0.259 bits per heavy atom. The van der Waals surface area contributed by atoms with Crippen LogP contribution < -0.4 is 53.2 Å². The Morgan fingerprint density at radius 2 is 0.489 bits per heavy atom. The molecule has 3 saturated heterocycles. The summed E-state index contributed by atoms with van der Waals surface area (Å²) in [4.78, 5) is 249. The molecular weight excluding hydrogens is 1850 g/mol. The predicted octanol–water partition coefficient (Wildman–Crippen LogP) is 0.0535. The number of nitrogens with one attached hydrogen (secondary N) is 10. The molecule has 0 saturated carbocycles. The largest absolute Gasteiger partial charge is 0.481 e. The van der Waals surface area contributed by atoms with Crippen LogP contribution in [0.15, 0.2) is 0 Å². The molecule has 49 nitrogen and oxygen atoms in total. The number of hydrogen-bond acceptors (Lipinski definition) is 38. The van der Waals surface area contributed by atoms with Crippen LogP contribution in [0.25, 0.3) is 0 Å². The van der Waals surface area contributed by atoms with Crippen molar-refractivity contribution in [1.29, 1.82) is 0 Å². The van der Waals surface area contributed by atoms with Gasteiger partial charge in [0.2, 0.25) is 59.1 Å². The van der Waals surface area contributed by atoms with E-state index in [0.29, 0.717) is 77.0 Å². The van der Waals surface area contributed by atoms with Crippen LogP contribution in [-0.2, 0) is 181 Å². The van der Waals surface area contributed by atoms with Crippen LogP contribution in [0.4, 0.5) is 0 Å². The molecule has 3 fully saturated rings. The van der Waals surface area contributed by atoms with E-state index < -0.39 is 218 Å². The zero-order valence-corrected chi connectivity index (χ0v) is 81.8. The molecule has 790 valence electrons. The van der Waals surface area contributed by atoms with E-state index >= 15 is 0 Å². The van der Waals surface area contributed by atoms with Crippen molar-refractivity contribution < 1.29 is 186 Å². The minimum Gasteiger partial charge on any atom is -0.481 e. The number of carboxylic acids is 1. The van der Waals surface area contributed by atoms with Crippen molar-refractivity contribution in [3.63, 3.8) is 0 Å². The molecule has 3 aliphatic rings. The first-order chi connectivity index (χ1) is 66.1. The average Bonchev–Trinajstić information content (AvgIpc) is 0.792. The smallest absolute Gasteiger partial charge is 0.303 e. The summed E-state index contributed by atoms with van der Waals surface area (Å²) in [5.41, 5.74) is -1.49. The molecule has 10 amide bonds. The predicted molar refractivity (Wildman–Crippen MR) is 480 cm³/mol. The Kier molecular flexibility index (Phi) is 61.4. The summed E-state index contributed by atoms with van der Waals surface area (Å²) in [6.07, 6.45) is -7.75. The molecule has 0 spiro atoms. The first-order valence-corrected chi connectivity index (χ1v) is 47.0. The van der Waals surface area contributed by atoms with Crippen LogP contribution in [0.1, 0.15) is 237 Å². The Balaban J connectivity index is 1.66. The third kappa shape index (κ3) is 55.6. The molecule has 0 radical (unpaired) electrons. The lowest BCUT2D eigenvalue weighted by atomic mass is 9.96. The lowest BCUT2D eigenvalue weighted by Gasteiger charge is -2.44. The van der Waals surface area contributed by atoms with Crippen molar-refractivity contribution in [2.45, 2.75) is 335 Å². The van der Waals surface area contributed by atoms with E-state index in [2.05, 4.69) is 53.2 Å². The number of carbonyl (C=O) groups is 20. The summed E-state index contributed by atoms with van der Waals surface area (Å²) in [6, 6.07) is -3.53. The number of ether oxygens (including phenoxy) is 18. The van der Waals surface area contributed by atoms with E-state index in [0.717, 1.165) is 88.0 Å². The number of aliphatic carboxylic acids is 1. The second-order valence-corrected chi connectivity index (χ2v) is 33.4. The van der Waals surface area contributed by atoms with Crippen LogP contribution in [0, 0.1) is 0 Å². The topological polar surface area (TPSA) is 648 Å². The number of carboxylic acid groups (broad SMARTS) is 1. The van der Waals surface area contributed by atoms with Gasteiger partial charge in [-0.2, -0.15) is 0 Å². The number of esters is 9. The molecule has 3 aliphatic heterocycles. The van der Waals surface area contributed by atoms with Gasteiger partial charge in [-0.05, 0) is 70.6 Å². The molecule has 3 heterocycles. The number of carbonyl (C=O) groups excluding carboxylic acids is 19. The fourth-order valence-electron chi connectivity index (χ4n) is 14.6. The van der Waals surface area contributed by atoms with Gasteiger partial charge in [0.1, 0.15) is 61.8 Å². The van der Waals surface area contributed by atoms with Gasteiger partial charge >= 0.3 is 59.7 Å². The van der Waals surface area contributed by atoms with E-state index in [1.807, 2.05) is 0 Å². The third-order valence-electron chi connectivity index (χ3n) is 20.7. The molecule has 15 atom stereocenters. The zero-order chi connectivity index (χ0) is 103. The summed E-state index contributed by atoms with van der Waals surface area (Å²) in [7, 11) is 0. The summed E-state index contributed by atoms with van der Waals surface area (Å²) < 4.78 is 103. The zero-order valence-electron chi connectivity index (χ0n) is 81.8. The number of hydrogen-bond donors (Lipinski definition) is 11. The highest BCUT2D eigenvalue weighted by Gasteiger charge is 2.55. The van der Waals surface area contributed by atoms with Crippen LogP contribution in [0.3, 0.4) is 0 Å². The summed E-state index contributed by atoms with van der Waals surface area (Å²) >= 11 is 0. The van der Waals surface area contributed by atoms with E-state index in [1.165, 1.54) is 20.8 Å². The maximum atomic E-state index is 14.0. The second-order valence-electron chi connectivity index (χ2n) is 33.4. The van der Waals surface area contributed by atoms with Gasteiger partial charge in [0, 0.05) is 194 Å². The molecule has 49 heteroatoms. The summed E-state index contributed by atoms with van der Waals surface area (Å²) in [5, 5.41) is 36.6. The molecule has 0 bridgehead atoms. The van der Waals surface area contributed by atoms with Crippen LogP contribution in [0.2, 0.25) is 0 Å². The Bertz CT molecular complexity index is 3550. The maximum Gasteiger partial charge on any atom is 0.303 e. The van der Waals surface area contributed by atoms with E-state index in [4.69, 9.17) is 90.4 Å². The highest BCUT2D eigenvalue weighted by atomic mass is 16.7. The van der Waals surface area contributed by atoms with Gasteiger partial charge < -0.3 is 144 Å². The minimum absolute atomic E-state index is 0.0180. The van der Waals surface area contributed by atoms with Crippen molar-refractivity contribution in [2.24, 2.45) is 0 Å². The van der Waals surface area contributed by atoms with Gasteiger partial charge in [0.05, 0.1) is 39.6 Å². The molecule has 11 N–H and O–H groups in total. The molecule has 9 unspecified atom stereocenters. The highest BCUT2D eigenvalue weighted by molar-refractivity contribution is 5.80. The molecular formula is C90H146N10O39. The van der Waals surface area contributed by atoms with Gasteiger partial charge in [0.25, 0.3) is 0 Å². The summed E-state index contributed by atoms with van der Waals surface area (Å²) in [6.45, 7) is 12.0. The SMILES string of the molecule is CC(=O)NC1C(OC(C)=O)[C@H](OC(C)=O)C(COC(C)=O)O[C@H]1OCCCCC(=O)NCCCNC(=O)CCOCC(COCCC(=O)NCCCNC(=O)CCCCO[C@@H]1OC(COC(C)=O)[C@@H](OC(C)=O)C(OC(C)=O)C1NC(C)=O)(COCCC(=O)NCCCNC(=O)CCCCO[C@@H]1OC(COC(C)=O)[C@@H](OC(C)=O)C(OC(C)=O)C1NC(C)=O)NC(=O)CCCCCCCCCC(=O)O. The lowest BCUT2D eigenvalue weighted by molar-refractivity contribution is -0.277. The van der Waals surface area contributed by atoms with Gasteiger partial charge in [-0.3, -0.25) is 95.9 Å². The van der Waals surface area contributed by atoms with Gasteiger partial charge in [0.15, 0.2) is 55.5 Å². The third-order valence-corrected chi connectivity index (χ3v) is 20.7. The molecule has 0 aromatic rings. The molecule has 139 heavy (non-hydrogen) atoms. The monoisotopic (exact) mass is 1990 g/mol. The first-order valence-electron chi connectivity index (χ1n) is 47.0. The second kappa shape index (κ2) is 69.8. The van der Waals surface area contributed by atoms with E-state index in [1.54, 1.807) is 0 Å². The van der Waals surface area contributed by atoms with Gasteiger partial charge in [-0.15, -0.1) is 0 Å². The van der Waals surface area contributed by atoms with Crippen molar-refractivity contribution >= 4 is 119 Å². The molecule has 3 rings (SSSR count). The van der Waals surface area contributed by atoms with E-state index in [9.17, 15) is 95.9 Å². The molecule has 0 aromatic carbocycles. The Morgan fingerprint density at radius 3 is 0.734 bits per heavy atom.